The highest BCUT2D eigenvalue weighted by molar-refractivity contribution is 5.68. The quantitative estimate of drug-likeness (QED) is 0.904. The first kappa shape index (κ1) is 13.5. The number of anilines is 1. The lowest BCUT2D eigenvalue weighted by Crippen LogP contribution is -2.06. The first-order valence-electron chi connectivity index (χ1n) is 6.84. The average Bonchev–Trinajstić information content (AvgIpc) is 2.43. The summed E-state index contributed by atoms with van der Waals surface area (Å²) in [6.45, 7) is 9.13. The van der Waals surface area contributed by atoms with Crippen molar-refractivity contribution < 1.29 is 0 Å². The number of rotatable bonds is 4. The van der Waals surface area contributed by atoms with Gasteiger partial charge in [0.2, 0.25) is 0 Å². The molecule has 0 amide bonds. The van der Waals surface area contributed by atoms with Crippen LogP contribution in [0.4, 0.5) is 5.82 Å². The Hall–Kier alpha value is -1.90. The maximum atomic E-state index is 4.61. The van der Waals surface area contributed by atoms with E-state index >= 15 is 0 Å². The molecule has 0 aliphatic rings. The van der Waals surface area contributed by atoms with Gasteiger partial charge >= 0.3 is 0 Å². The van der Waals surface area contributed by atoms with Gasteiger partial charge in [0.05, 0.1) is 5.69 Å². The lowest BCUT2D eigenvalue weighted by Gasteiger charge is -2.12. The lowest BCUT2D eigenvalue weighted by atomic mass is 10.0. The van der Waals surface area contributed by atoms with Gasteiger partial charge in [0.1, 0.15) is 11.6 Å². The number of hydrogen-bond donors (Lipinski definition) is 1. The Balaban J connectivity index is 2.54. The first-order chi connectivity index (χ1) is 9.15. The van der Waals surface area contributed by atoms with Crippen molar-refractivity contribution >= 4 is 5.82 Å². The predicted octanol–water partition coefficient (Wildman–Crippen LogP) is 3.75. The van der Waals surface area contributed by atoms with Crippen LogP contribution < -0.4 is 5.32 Å². The monoisotopic (exact) mass is 255 g/mol. The highest BCUT2D eigenvalue weighted by Gasteiger charge is 2.10. The Morgan fingerprint density at radius 2 is 1.89 bits per heavy atom. The highest BCUT2D eigenvalue weighted by Crippen LogP contribution is 2.26. The average molecular weight is 255 g/mol. The van der Waals surface area contributed by atoms with Crippen LogP contribution in [-0.2, 0) is 6.42 Å². The molecule has 19 heavy (non-hydrogen) atoms. The molecule has 1 aromatic heterocycles. The molecule has 0 radical (unpaired) electrons. The van der Waals surface area contributed by atoms with Crippen molar-refractivity contribution in [3.05, 3.63) is 41.2 Å². The molecule has 1 N–H and O–H groups in total. The summed E-state index contributed by atoms with van der Waals surface area (Å²) in [5, 5.41) is 3.30. The second kappa shape index (κ2) is 5.83. The van der Waals surface area contributed by atoms with E-state index in [-0.39, 0.29) is 0 Å². The summed E-state index contributed by atoms with van der Waals surface area (Å²) in [5.74, 6) is 1.74. The molecule has 0 spiro atoms. The fraction of sp³-hybridized carbons (Fsp3) is 0.375. The van der Waals surface area contributed by atoms with Crippen LogP contribution in [0.25, 0.3) is 11.3 Å². The van der Waals surface area contributed by atoms with E-state index in [9.17, 15) is 0 Å². The second-order valence-corrected chi connectivity index (χ2v) is 4.68. The molecule has 2 rings (SSSR count). The van der Waals surface area contributed by atoms with Gasteiger partial charge in [-0.1, -0.05) is 25.1 Å². The van der Waals surface area contributed by atoms with Gasteiger partial charge in [-0.2, -0.15) is 0 Å². The van der Waals surface area contributed by atoms with E-state index in [2.05, 4.69) is 60.3 Å². The lowest BCUT2D eigenvalue weighted by molar-refractivity contribution is 1.02. The molecule has 2 aromatic rings. The molecule has 3 heteroatoms. The van der Waals surface area contributed by atoms with E-state index in [0.29, 0.717) is 0 Å². The number of nitrogens with zero attached hydrogens (tertiary/aromatic N) is 2. The Kier molecular flexibility index (Phi) is 4.15. The fourth-order valence-corrected chi connectivity index (χ4v) is 2.19. The molecule has 100 valence electrons. The SMILES string of the molecule is CCNc1nc(C)nc(-c2cccc(CC)c2)c1C. The second-order valence-electron chi connectivity index (χ2n) is 4.68. The van der Waals surface area contributed by atoms with E-state index in [1.165, 1.54) is 11.1 Å². The van der Waals surface area contributed by atoms with Crippen LogP contribution in [0, 0.1) is 13.8 Å². The summed E-state index contributed by atoms with van der Waals surface area (Å²) in [7, 11) is 0. The van der Waals surface area contributed by atoms with Crippen LogP contribution in [0.5, 0.6) is 0 Å². The van der Waals surface area contributed by atoms with Crippen LogP contribution >= 0.6 is 0 Å². The standard InChI is InChI=1S/C16H21N3/c1-5-13-8-7-9-14(10-13)15-11(3)16(17-6-2)19-12(4)18-15/h7-10H,5-6H2,1-4H3,(H,17,18,19). The smallest absolute Gasteiger partial charge is 0.133 e. The van der Waals surface area contributed by atoms with E-state index in [0.717, 1.165) is 35.9 Å². The van der Waals surface area contributed by atoms with Crippen LogP contribution in [0.3, 0.4) is 0 Å². The molecule has 0 saturated heterocycles. The summed E-state index contributed by atoms with van der Waals surface area (Å²) in [4.78, 5) is 9.08. The molecule has 0 unspecified atom stereocenters. The zero-order valence-corrected chi connectivity index (χ0v) is 12.1. The maximum Gasteiger partial charge on any atom is 0.133 e. The Morgan fingerprint density at radius 3 is 2.58 bits per heavy atom. The molecule has 0 aliphatic carbocycles. The van der Waals surface area contributed by atoms with Gasteiger partial charge in [0, 0.05) is 17.7 Å². The molecule has 0 atom stereocenters. The van der Waals surface area contributed by atoms with Crippen molar-refractivity contribution in [3.63, 3.8) is 0 Å². The zero-order chi connectivity index (χ0) is 13.8. The molecule has 0 saturated carbocycles. The van der Waals surface area contributed by atoms with Crippen molar-refractivity contribution in [2.75, 3.05) is 11.9 Å². The number of aromatic nitrogens is 2. The molecule has 1 heterocycles. The summed E-state index contributed by atoms with van der Waals surface area (Å²) in [6.07, 6.45) is 1.04. The van der Waals surface area contributed by atoms with Crippen LogP contribution in [0.1, 0.15) is 30.8 Å². The zero-order valence-electron chi connectivity index (χ0n) is 12.1. The largest absolute Gasteiger partial charge is 0.370 e. The topological polar surface area (TPSA) is 37.8 Å². The van der Waals surface area contributed by atoms with Crippen molar-refractivity contribution in [2.45, 2.75) is 34.1 Å². The highest BCUT2D eigenvalue weighted by atomic mass is 15.0. The summed E-state index contributed by atoms with van der Waals surface area (Å²) in [6, 6.07) is 8.57. The Labute approximate surface area is 115 Å². The fourth-order valence-electron chi connectivity index (χ4n) is 2.19. The number of benzene rings is 1. The van der Waals surface area contributed by atoms with Gasteiger partial charge < -0.3 is 5.32 Å². The minimum atomic E-state index is 0.804. The minimum absolute atomic E-state index is 0.804. The Morgan fingerprint density at radius 1 is 1.11 bits per heavy atom. The number of hydrogen-bond acceptors (Lipinski definition) is 3. The van der Waals surface area contributed by atoms with Crippen LogP contribution in [0.2, 0.25) is 0 Å². The third-order valence-corrected chi connectivity index (χ3v) is 3.21. The van der Waals surface area contributed by atoms with Gasteiger partial charge in [-0.3, -0.25) is 0 Å². The molecule has 0 fully saturated rings. The predicted molar refractivity (Wildman–Crippen MR) is 80.5 cm³/mol. The molecule has 0 bridgehead atoms. The van der Waals surface area contributed by atoms with Gasteiger partial charge in [-0.25, -0.2) is 9.97 Å². The van der Waals surface area contributed by atoms with E-state index in [1.54, 1.807) is 0 Å². The van der Waals surface area contributed by atoms with Gasteiger partial charge in [0.15, 0.2) is 0 Å². The minimum Gasteiger partial charge on any atom is -0.370 e. The van der Waals surface area contributed by atoms with Crippen molar-refractivity contribution in [2.24, 2.45) is 0 Å². The molecule has 1 aromatic carbocycles. The van der Waals surface area contributed by atoms with E-state index in [4.69, 9.17) is 0 Å². The summed E-state index contributed by atoms with van der Waals surface area (Å²) in [5.41, 5.74) is 4.64. The number of nitrogens with one attached hydrogen (secondary N) is 1. The molecule has 3 nitrogen and oxygen atoms in total. The summed E-state index contributed by atoms with van der Waals surface area (Å²) < 4.78 is 0. The third-order valence-electron chi connectivity index (χ3n) is 3.21. The Bertz CT molecular complexity index is 576. The third kappa shape index (κ3) is 2.92. The van der Waals surface area contributed by atoms with Crippen molar-refractivity contribution in [1.82, 2.24) is 9.97 Å². The van der Waals surface area contributed by atoms with Gasteiger partial charge in [-0.05, 0) is 38.8 Å². The van der Waals surface area contributed by atoms with Crippen molar-refractivity contribution in [3.8, 4) is 11.3 Å². The van der Waals surface area contributed by atoms with Gasteiger partial charge in [0.25, 0.3) is 0 Å². The summed E-state index contributed by atoms with van der Waals surface area (Å²) >= 11 is 0. The molecular weight excluding hydrogens is 234 g/mol. The van der Waals surface area contributed by atoms with E-state index in [1.807, 2.05) is 6.92 Å². The first-order valence-corrected chi connectivity index (χ1v) is 6.84. The molecular formula is C16H21N3. The van der Waals surface area contributed by atoms with Crippen LogP contribution in [-0.4, -0.2) is 16.5 Å². The normalized spacial score (nSPS) is 10.5. The van der Waals surface area contributed by atoms with Gasteiger partial charge in [-0.15, -0.1) is 0 Å². The number of aryl methyl sites for hydroxylation is 2. The van der Waals surface area contributed by atoms with Crippen molar-refractivity contribution in [1.29, 1.82) is 0 Å². The van der Waals surface area contributed by atoms with Crippen LogP contribution in [0.15, 0.2) is 24.3 Å². The maximum absolute atomic E-state index is 4.61. The molecule has 0 aliphatic heterocycles. The van der Waals surface area contributed by atoms with E-state index < -0.39 is 0 Å².